The molecule has 2 aromatic carbocycles. The number of Topliss-reactive ketones (excluding diaryl/α,β-unsaturated/α-hetero) is 1. The monoisotopic (exact) mass is 412 g/mol. The second kappa shape index (κ2) is 6.75. The van der Waals surface area contributed by atoms with Crippen LogP contribution in [0.1, 0.15) is 42.1 Å². The molecule has 1 aromatic heterocycles. The lowest BCUT2D eigenvalue weighted by molar-refractivity contribution is 0.0232. The Morgan fingerprint density at radius 1 is 1.21 bits per heavy atom. The third-order valence-corrected chi connectivity index (χ3v) is 7.16. The van der Waals surface area contributed by atoms with E-state index in [4.69, 9.17) is 21.3 Å². The van der Waals surface area contributed by atoms with Gasteiger partial charge in [-0.25, -0.2) is 4.98 Å². The molecule has 0 bridgehead atoms. The number of hydrogen-bond acceptors (Lipinski definition) is 5. The first kappa shape index (κ1) is 18.0. The summed E-state index contributed by atoms with van der Waals surface area (Å²) in [5.41, 5.74) is 2.61. The normalized spacial score (nSPS) is 18.4. The zero-order chi connectivity index (χ0) is 19.3. The number of carbonyl (C=O) groups is 1. The molecule has 3 heterocycles. The summed E-state index contributed by atoms with van der Waals surface area (Å²) in [5.74, 6) is 0.797. The summed E-state index contributed by atoms with van der Waals surface area (Å²) in [6, 6.07) is 11.8. The van der Waals surface area contributed by atoms with Crippen molar-refractivity contribution in [3.8, 4) is 5.75 Å². The Balaban J connectivity index is 1.35. The number of benzene rings is 2. The Morgan fingerprint density at radius 3 is 2.82 bits per heavy atom. The molecule has 0 radical (unpaired) electrons. The van der Waals surface area contributed by atoms with Crippen molar-refractivity contribution >= 4 is 44.1 Å². The van der Waals surface area contributed by atoms with Crippen LogP contribution < -0.4 is 9.64 Å². The van der Waals surface area contributed by atoms with Crippen LogP contribution in [-0.2, 0) is 6.42 Å². The molecule has 1 spiro atoms. The van der Waals surface area contributed by atoms with Gasteiger partial charge in [0.15, 0.2) is 10.9 Å². The van der Waals surface area contributed by atoms with Crippen LogP contribution >= 0.6 is 22.9 Å². The van der Waals surface area contributed by atoms with Gasteiger partial charge in [0.05, 0.1) is 22.2 Å². The molecule has 2 aliphatic heterocycles. The predicted octanol–water partition coefficient (Wildman–Crippen LogP) is 5.52. The van der Waals surface area contributed by atoms with Gasteiger partial charge in [0.2, 0.25) is 0 Å². The summed E-state index contributed by atoms with van der Waals surface area (Å²) in [4.78, 5) is 19.8. The first-order valence-corrected chi connectivity index (χ1v) is 10.9. The van der Waals surface area contributed by atoms with Crippen LogP contribution in [0.4, 0.5) is 5.13 Å². The minimum absolute atomic E-state index is 0.129. The largest absolute Gasteiger partial charge is 0.486 e. The zero-order valence-corrected chi connectivity index (χ0v) is 17.3. The number of carbonyl (C=O) groups excluding carboxylic acids is 1. The second-order valence-electron chi connectivity index (χ2n) is 7.66. The van der Waals surface area contributed by atoms with Gasteiger partial charge in [0, 0.05) is 31.0 Å². The van der Waals surface area contributed by atoms with Gasteiger partial charge in [0.25, 0.3) is 0 Å². The summed E-state index contributed by atoms with van der Waals surface area (Å²) >= 11 is 7.79. The van der Waals surface area contributed by atoms with Crippen LogP contribution in [0.25, 0.3) is 10.2 Å². The molecule has 6 heteroatoms. The van der Waals surface area contributed by atoms with E-state index in [0.717, 1.165) is 43.0 Å². The van der Waals surface area contributed by atoms with Crippen LogP contribution in [-0.4, -0.2) is 29.5 Å². The van der Waals surface area contributed by atoms with Crippen LogP contribution in [0.15, 0.2) is 36.4 Å². The standard InChI is InChI=1S/C22H21ClN2O2S/c1-2-14-3-5-17-20(11-14)28-21(24-17)25-9-7-22(8-10-25)13-18(26)16-12-15(23)4-6-19(16)27-22/h3-6,11-12H,2,7-10,13H2,1H3. The van der Waals surface area contributed by atoms with Crippen molar-refractivity contribution < 1.29 is 9.53 Å². The summed E-state index contributed by atoms with van der Waals surface area (Å²) in [6.45, 7) is 3.86. The number of ketones is 1. The smallest absolute Gasteiger partial charge is 0.186 e. The molecule has 0 amide bonds. The van der Waals surface area contributed by atoms with Gasteiger partial charge in [-0.1, -0.05) is 35.9 Å². The van der Waals surface area contributed by atoms with Gasteiger partial charge in [-0.3, -0.25) is 4.79 Å². The molecule has 0 N–H and O–H groups in total. The van der Waals surface area contributed by atoms with Gasteiger partial charge >= 0.3 is 0 Å². The molecule has 144 valence electrons. The van der Waals surface area contributed by atoms with Crippen LogP contribution in [0.5, 0.6) is 5.75 Å². The summed E-state index contributed by atoms with van der Waals surface area (Å²) < 4.78 is 7.58. The number of nitrogens with zero attached hydrogens (tertiary/aromatic N) is 2. The van der Waals surface area contributed by atoms with E-state index in [0.29, 0.717) is 22.8 Å². The van der Waals surface area contributed by atoms with E-state index >= 15 is 0 Å². The molecule has 5 rings (SSSR count). The van der Waals surface area contributed by atoms with Gasteiger partial charge in [-0.05, 0) is 42.3 Å². The highest BCUT2D eigenvalue weighted by Gasteiger charge is 2.43. The third-order valence-electron chi connectivity index (χ3n) is 5.85. The number of fused-ring (bicyclic) bond motifs is 2. The van der Waals surface area contributed by atoms with Crippen molar-refractivity contribution in [3.63, 3.8) is 0 Å². The SMILES string of the molecule is CCc1ccc2nc(N3CCC4(CC3)CC(=O)c3cc(Cl)ccc3O4)sc2c1. The molecule has 3 aromatic rings. The third kappa shape index (κ3) is 3.07. The maximum absolute atomic E-state index is 12.7. The molecule has 0 aliphatic carbocycles. The maximum atomic E-state index is 12.7. The summed E-state index contributed by atoms with van der Waals surface area (Å²) in [6.07, 6.45) is 3.09. The molecular weight excluding hydrogens is 392 g/mol. The highest BCUT2D eigenvalue weighted by molar-refractivity contribution is 7.22. The number of piperidine rings is 1. The lowest BCUT2D eigenvalue weighted by Gasteiger charge is -2.43. The Hall–Kier alpha value is -2.11. The van der Waals surface area contributed by atoms with E-state index in [1.165, 1.54) is 10.3 Å². The second-order valence-corrected chi connectivity index (χ2v) is 9.11. The van der Waals surface area contributed by atoms with Crippen LogP contribution in [0, 0.1) is 0 Å². The molecule has 0 saturated carbocycles. The fourth-order valence-corrected chi connectivity index (χ4v) is 5.42. The topological polar surface area (TPSA) is 42.4 Å². The van der Waals surface area contributed by atoms with Gasteiger partial charge in [0.1, 0.15) is 11.4 Å². The Morgan fingerprint density at radius 2 is 2.04 bits per heavy atom. The van der Waals surface area contributed by atoms with Crippen molar-refractivity contribution in [3.05, 3.63) is 52.5 Å². The first-order chi connectivity index (χ1) is 13.5. The predicted molar refractivity (Wildman–Crippen MR) is 114 cm³/mol. The maximum Gasteiger partial charge on any atom is 0.186 e. The minimum Gasteiger partial charge on any atom is -0.486 e. The number of thiazole rings is 1. The van der Waals surface area contributed by atoms with E-state index in [9.17, 15) is 4.79 Å². The molecule has 4 nitrogen and oxygen atoms in total. The number of anilines is 1. The van der Waals surface area contributed by atoms with Crippen molar-refractivity contribution in [1.82, 2.24) is 4.98 Å². The Bertz CT molecular complexity index is 1070. The highest BCUT2D eigenvalue weighted by atomic mass is 35.5. The van der Waals surface area contributed by atoms with E-state index in [1.807, 2.05) is 6.07 Å². The molecule has 1 saturated heterocycles. The number of ether oxygens (including phenoxy) is 1. The number of rotatable bonds is 2. The molecule has 28 heavy (non-hydrogen) atoms. The molecular formula is C22H21ClN2O2S. The van der Waals surface area contributed by atoms with Crippen LogP contribution in [0.3, 0.4) is 0 Å². The van der Waals surface area contributed by atoms with Crippen molar-refractivity contribution in [2.45, 2.75) is 38.2 Å². The van der Waals surface area contributed by atoms with E-state index in [2.05, 4.69) is 30.0 Å². The number of halogens is 1. The number of aryl methyl sites for hydroxylation is 1. The van der Waals surface area contributed by atoms with Crippen molar-refractivity contribution in [2.24, 2.45) is 0 Å². The molecule has 0 unspecified atom stereocenters. The summed E-state index contributed by atoms with van der Waals surface area (Å²) in [7, 11) is 0. The van der Waals surface area contributed by atoms with E-state index < -0.39 is 5.60 Å². The lowest BCUT2D eigenvalue weighted by Crippen LogP contribution is -2.51. The quantitative estimate of drug-likeness (QED) is 0.556. The molecule has 0 atom stereocenters. The Kier molecular flexibility index (Phi) is 4.33. The fraction of sp³-hybridized carbons (Fsp3) is 0.364. The average molecular weight is 413 g/mol. The Labute approximate surface area is 173 Å². The van der Waals surface area contributed by atoms with Gasteiger partial charge < -0.3 is 9.64 Å². The zero-order valence-electron chi connectivity index (χ0n) is 15.7. The number of hydrogen-bond donors (Lipinski definition) is 0. The van der Waals surface area contributed by atoms with Crippen molar-refractivity contribution in [1.29, 1.82) is 0 Å². The molecule has 1 fully saturated rings. The molecule has 2 aliphatic rings. The lowest BCUT2D eigenvalue weighted by atomic mass is 9.82. The minimum atomic E-state index is -0.402. The van der Waals surface area contributed by atoms with E-state index in [-0.39, 0.29) is 5.78 Å². The van der Waals surface area contributed by atoms with Gasteiger partial charge in [-0.2, -0.15) is 0 Å². The average Bonchev–Trinajstić information content (AvgIpc) is 3.12. The first-order valence-electron chi connectivity index (χ1n) is 9.71. The van der Waals surface area contributed by atoms with E-state index in [1.54, 1.807) is 23.5 Å². The highest BCUT2D eigenvalue weighted by Crippen LogP contribution is 2.41. The van der Waals surface area contributed by atoms with Crippen molar-refractivity contribution in [2.75, 3.05) is 18.0 Å². The van der Waals surface area contributed by atoms with Crippen LogP contribution in [0.2, 0.25) is 5.02 Å². The number of aromatic nitrogens is 1. The van der Waals surface area contributed by atoms with Gasteiger partial charge in [-0.15, -0.1) is 0 Å². The summed E-state index contributed by atoms with van der Waals surface area (Å²) in [5, 5.41) is 1.64. The fourth-order valence-electron chi connectivity index (χ4n) is 4.16.